The molecule has 3 atom stereocenters. The third-order valence-corrected chi connectivity index (χ3v) is 5.39. The number of carboxylic acid groups (broad SMARTS) is 1. The fourth-order valence-electron chi connectivity index (χ4n) is 3.90. The van der Waals surface area contributed by atoms with Gasteiger partial charge in [0.15, 0.2) is 0 Å². The van der Waals surface area contributed by atoms with Crippen molar-refractivity contribution in [2.75, 3.05) is 19.9 Å². The van der Waals surface area contributed by atoms with E-state index in [1.807, 2.05) is 20.8 Å². The molecule has 0 spiro atoms. The van der Waals surface area contributed by atoms with Gasteiger partial charge in [-0.3, -0.25) is 15.0 Å². The van der Waals surface area contributed by atoms with Gasteiger partial charge < -0.3 is 14.6 Å². The first kappa shape index (κ1) is 26.4. The van der Waals surface area contributed by atoms with Crippen LogP contribution in [0.2, 0.25) is 0 Å². The molecule has 2 aliphatic carbocycles. The first-order chi connectivity index (χ1) is 14.5. The van der Waals surface area contributed by atoms with Crippen LogP contribution in [0.5, 0.6) is 0 Å². The first-order valence-electron chi connectivity index (χ1n) is 10.8. The van der Waals surface area contributed by atoms with Gasteiger partial charge in [0.1, 0.15) is 5.60 Å². The minimum atomic E-state index is -4.18. The Hall–Kier alpha value is -1.81. The van der Waals surface area contributed by atoms with Crippen LogP contribution in [0.15, 0.2) is 11.3 Å². The van der Waals surface area contributed by atoms with Crippen molar-refractivity contribution in [2.45, 2.75) is 78.6 Å². The van der Waals surface area contributed by atoms with Gasteiger partial charge in [-0.2, -0.15) is 13.2 Å². The van der Waals surface area contributed by atoms with E-state index < -0.39 is 35.7 Å². The number of nitrogens with one attached hydrogen (secondary N) is 1. The van der Waals surface area contributed by atoms with E-state index in [-0.39, 0.29) is 19.4 Å². The second kappa shape index (κ2) is 9.59. The van der Waals surface area contributed by atoms with Gasteiger partial charge in [-0.15, -0.1) is 0 Å². The number of halogens is 3. The van der Waals surface area contributed by atoms with Gasteiger partial charge in [0.25, 0.3) is 0 Å². The predicted molar refractivity (Wildman–Crippen MR) is 112 cm³/mol. The summed E-state index contributed by atoms with van der Waals surface area (Å²) >= 11 is 0. The van der Waals surface area contributed by atoms with Gasteiger partial charge in [0, 0.05) is 24.2 Å². The fraction of sp³-hybridized carbons (Fsp3) is 0.818. The molecule has 0 aromatic heterocycles. The van der Waals surface area contributed by atoms with Gasteiger partial charge in [-0.25, -0.2) is 4.79 Å². The van der Waals surface area contributed by atoms with Crippen LogP contribution in [0.3, 0.4) is 0 Å². The highest BCUT2D eigenvalue weighted by Crippen LogP contribution is 2.56. The number of fused-ring (bicyclic) bond motifs is 2. The van der Waals surface area contributed by atoms with E-state index in [4.69, 9.17) is 14.6 Å². The molecule has 3 rings (SSSR count). The summed E-state index contributed by atoms with van der Waals surface area (Å²) in [4.78, 5) is 24.1. The number of alkyl carbamates (subject to hydrolysis) is 1. The minimum absolute atomic E-state index is 0.189. The molecule has 0 aromatic rings. The SMILES string of the molecule is CC(C)(C)C(=O)O.CC(C)(C)OC(=O)NC1=C2C3[C@H]2CC(C1)CN3COCCC(F)(F)F. The van der Waals surface area contributed by atoms with Crippen molar-refractivity contribution in [3.05, 3.63) is 11.3 Å². The van der Waals surface area contributed by atoms with Crippen LogP contribution in [-0.4, -0.2) is 59.8 Å². The molecule has 3 aliphatic rings. The monoisotopic (exact) mass is 464 g/mol. The van der Waals surface area contributed by atoms with Crippen LogP contribution in [0, 0.1) is 17.3 Å². The lowest BCUT2D eigenvalue weighted by molar-refractivity contribution is -0.149. The number of ether oxygens (including phenoxy) is 2. The molecule has 2 fully saturated rings. The maximum atomic E-state index is 12.2. The Morgan fingerprint density at radius 2 is 1.75 bits per heavy atom. The van der Waals surface area contributed by atoms with Gasteiger partial charge in [0.05, 0.1) is 25.2 Å². The predicted octanol–water partition coefficient (Wildman–Crippen LogP) is 4.53. The molecule has 7 nitrogen and oxygen atoms in total. The molecule has 184 valence electrons. The van der Waals surface area contributed by atoms with Crippen LogP contribution in [0.1, 0.15) is 60.8 Å². The number of likely N-dealkylation sites (tertiary alicyclic amines) is 1. The van der Waals surface area contributed by atoms with E-state index >= 15 is 0 Å². The average molecular weight is 465 g/mol. The topological polar surface area (TPSA) is 88.1 Å². The largest absolute Gasteiger partial charge is 0.481 e. The molecule has 1 aliphatic heterocycles. The lowest BCUT2D eigenvalue weighted by Crippen LogP contribution is -2.38. The second-order valence-corrected chi connectivity index (χ2v) is 10.6. The van der Waals surface area contributed by atoms with Gasteiger partial charge in [-0.1, -0.05) is 0 Å². The molecule has 1 saturated carbocycles. The number of hydrogen-bond donors (Lipinski definition) is 2. The van der Waals surface area contributed by atoms with Crippen LogP contribution >= 0.6 is 0 Å². The molecule has 0 aromatic carbocycles. The highest BCUT2D eigenvalue weighted by Gasteiger charge is 2.57. The highest BCUT2D eigenvalue weighted by atomic mass is 19.4. The lowest BCUT2D eigenvalue weighted by Gasteiger charge is -2.31. The van der Waals surface area contributed by atoms with Gasteiger partial charge in [0.2, 0.25) is 0 Å². The number of allylic oxidation sites excluding steroid dienone is 1. The summed E-state index contributed by atoms with van der Waals surface area (Å²) in [6.07, 6.45) is -3.70. The number of amides is 1. The molecule has 2 bridgehead atoms. The van der Waals surface area contributed by atoms with Crippen molar-refractivity contribution in [2.24, 2.45) is 17.3 Å². The molecular weight excluding hydrogens is 429 g/mol. The molecule has 1 heterocycles. The molecule has 32 heavy (non-hydrogen) atoms. The van der Waals surface area contributed by atoms with Crippen molar-refractivity contribution < 1.29 is 37.3 Å². The van der Waals surface area contributed by atoms with E-state index in [1.54, 1.807) is 20.8 Å². The molecule has 1 amide bonds. The summed E-state index contributed by atoms with van der Waals surface area (Å²) in [6.45, 7) is 11.1. The summed E-state index contributed by atoms with van der Waals surface area (Å²) in [5.74, 6) is 0.0276. The summed E-state index contributed by atoms with van der Waals surface area (Å²) in [5, 5.41) is 11.1. The van der Waals surface area contributed by atoms with Crippen molar-refractivity contribution in [3.63, 3.8) is 0 Å². The van der Waals surface area contributed by atoms with E-state index in [1.165, 1.54) is 5.57 Å². The Labute approximate surface area is 187 Å². The lowest BCUT2D eigenvalue weighted by atomic mass is 9.90. The highest BCUT2D eigenvalue weighted by molar-refractivity contribution is 5.73. The van der Waals surface area contributed by atoms with Crippen LogP contribution in [0.4, 0.5) is 18.0 Å². The van der Waals surface area contributed by atoms with Crippen molar-refractivity contribution in [1.82, 2.24) is 10.2 Å². The van der Waals surface area contributed by atoms with Crippen LogP contribution < -0.4 is 5.32 Å². The third-order valence-electron chi connectivity index (χ3n) is 5.39. The number of rotatable bonds is 5. The molecule has 0 radical (unpaired) electrons. The molecule has 2 unspecified atom stereocenters. The van der Waals surface area contributed by atoms with E-state index in [0.29, 0.717) is 11.8 Å². The van der Waals surface area contributed by atoms with E-state index in [0.717, 1.165) is 25.1 Å². The Morgan fingerprint density at radius 3 is 2.25 bits per heavy atom. The molecule has 1 saturated heterocycles. The number of carbonyl (C=O) groups is 2. The van der Waals surface area contributed by atoms with Gasteiger partial charge >= 0.3 is 18.2 Å². The zero-order valence-corrected chi connectivity index (χ0v) is 19.6. The quantitative estimate of drug-likeness (QED) is 0.581. The normalized spacial score (nSPS) is 25.0. The summed E-state index contributed by atoms with van der Waals surface area (Å²) in [5.41, 5.74) is 0.988. The summed E-state index contributed by atoms with van der Waals surface area (Å²) in [7, 11) is 0. The number of nitrogens with zero attached hydrogens (tertiary/aromatic N) is 1. The Morgan fingerprint density at radius 1 is 1.16 bits per heavy atom. The third kappa shape index (κ3) is 7.95. The number of alkyl halides is 3. The smallest absolute Gasteiger partial charge is 0.411 e. The molecule has 10 heteroatoms. The van der Waals surface area contributed by atoms with E-state index in [9.17, 15) is 22.8 Å². The number of piperidine rings is 1. The fourth-order valence-corrected chi connectivity index (χ4v) is 3.90. The van der Waals surface area contributed by atoms with Crippen molar-refractivity contribution in [1.29, 1.82) is 0 Å². The average Bonchev–Trinajstić information content (AvgIpc) is 3.33. The molecular formula is C22H35F3N2O5. The standard InChI is InChI=1S/C17H25F3N2O3.C5H10O2/c1-16(2,3)25-15(23)21-12-7-10-6-11-13(12)14(11)22(8-10)9-24-5-4-17(18,19)20;1-5(2,3)4(6)7/h10-11,14H,4-9H2,1-3H3,(H,21,23);1-3H3,(H,6,7)/t10?,11-,14?;/m0./s1. The van der Waals surface area contributed by atoms with Crippen molar-refractivity contribution in [3.8, 4) is 0 Å². The number of carbonyl (C=O) groups excluding carboxylic acids is 1. The van der Waals surface area contributed by atoms with Crippen molar-refractivity contribution >= 4 is 12.1 Å². The second-order valence-electron chi connectivity index (χ2n) is 10.6. The number of hydrogen-bond acceptors (Lipinski definition) is 5. The Kier molecular flexibility index (Phi) is 7.92. The Balaban J connectivity index is 0.000000451. The molecule has 2 N–H and O–H groups in total. The maximum Gasteiger partial charge on any atom is 0.411 e. The summed E-state index contributed by atoms with van der Waals surface area (Å²) in [6, 6.07) is 0.189. The zero-order chi connectivity index (χ0) is 24.5. The maximum absolute atomic E-state index is 12.2. The first-order valence-corrected chi connectivity index (χ1v) is 10.8. The summed E-state index contributed by atoms with van der Waals surface area (Å²) < 4.78 is 47.1. The van der Waals surface area contributed by atoms with Gasteiger partial charge in [-0.05, 0) is 65.9 Å². The Bertz CT molecular complexity index is 737. The number of aliphatic carboxylic acids is 1. The number of carboxylic acids is 1. The van der Waals surface area contributed by atoms with Crippen LogP contribution in [-0.2, 0) is 14.3 Å². The van der Waals surface area contributed by atoms with E-state index in [2.05, 4.69) is 10.2 Å². The minimum Gasteiger partial charge on any atom is -0.481 e. The van der Waals surface area contributed by atoms with Crippen LogP contribution in [0.25, 0.3) is 0 Å². The zero-order valence-electron chi connectivity index (χ0n) is 19.6.